The van der Waals surface area contributed by atoms with Gasteiger partial charge in [0.05, 0.1) is 11.4 Å². The molecule has 1 fully saturated rings. The molecule has 29 heavy (non-hydrogen) atoms. The lowest BCUT2D eigenvalue weighted by Gasteiger charge is -2.36. The van der Waals surface area contributed by atoms with E-state index < -0.39 is 0 Å². The van der Waals surface area contributed by atoms with Gasteiger partial charge in [-0.15, -0.1) is 0 Å². The minimum Gasteiger partial charge on any atom is -0.367 e. The van der Waals surface area contributed by atoms with Gasteiger partial charge in [0.2, 0.25) is 5.91 Å². The van der Waals surface area contributed by atoms with Gasteiger partial charge in [-0.2, -0.15) is 0 Å². The van der Waals surface area contributed by atoms with Crippen molar-refractivity contribution < 1.29 is 9.59 Å². The van der Waals surface area contributed by atoms with Crippen molar-refractivity contribution in [2.24, 2.45) is 0 Å². The van der Waals surface area contributed by atoms with Crippen LogP contribution < -0.4 is 15.5 Å². The summed E-state index contributed by atoms with van der Waals surface area (Å²) >= 11 is 0. The van der Waals surface area contributed by atoms with Gasteiger partial charge in [0.1, 0.15) is 0 Å². The number of rotatable bonds is 6. The number of nitrogens with zero attached hydrogens (tertiary/aromatic N) is 2. The first-order valence-corrected chi connectivity index (χ1v) is 9.98. The fraction of sp³-hybridized carbons (Fsp3) is 0.304. The van der Waals surface area contributed by atoms with Crippen molar-refractivity contribution in [3.05, 3.63) is 65.7 Å². The van der Waals surface area contributed by atoms with Crippen LogP contribution in [-0.4, -0.2) is 56.5 Å². The molecule has 1 aliphatic rings. The zero-order chi connectivity index (χ0) is 20.6. The van der Waals surface area contributed by atoms with E-state index in [0.29, 0.717) is 5.56 Å². The summed E-state index contributed by atoms with van der Waals surface area (Å²) < 4.78 is 0. The van der Waals surface area contributed by atoms with Crippen molar-refractivity contribution in [3.8, 4) is 0 Å². The van der Waals surface area contributed by atoms with Gasteiger partial charge in [-0.1, -0.05) is 31.2 Å². The standard InChI is InChI=1S/C23H28N4O2/c1-3-26-14-16-27(17-15-26)21-7-5-4-6-20(21)25-22(28)13-10-18-8-11-19(12-9-18)23(29)24-2/h4-13H,3,14-17H2,1-2H3,(H,24,29)(H,25,28)/b13-10+. The topological polar surface area (TPSA) is 64.7 Å². The number of amides is 2. The highest BCUT2D eigenvalue weighted by atomic mass is 16.2. The molecule has 2 amide bonds. The quantitative estimate of drug-likeness (QED) is 0.742. The third-order valence-electron chi connectivity index (χ3n) is 5.15. The Hall–Kier alpha value is -3.12. The van der Waals surface area contributed by atoms with Gasteiger partial charge in [0.25, 0.3) is 5.91 Å². The summed E-state index contributed by atoms with van der Waals surface area (Å²) in [5, 5.41) is 5.59. The maximum atomic E-state index is 12.5. The number of para-hydroxylation sites is 2. The molecule has 2 N–H and O–H groups in total. The highest BCUT2D eigenvalue weighted by Gasteiger charge is 2.18. The molecule has 6 nitrogen and oxygen atoms in total. The molecule has 1 heterocycles. The lowest BCUT2D eigenvalue weighted by Crippen LogP contribution is -2.46. The minimum absolute atomic E-state index is 0.130. The lowest BCUT2D eigenvalue weighted by atomic mass is 10.1. The molecular weight excluding hydrogens is 364 g/mol. The second-order valence-electron chi connectivity index (χ2n) is 6.96. The molecule has 0 radical (unpaired) electrons. The summed E-state index contributed by atoms with van der Waals surface area (Å²) in [7, 11) is 1.60. The van der Waals surface area contributed by atoms with Gasteiger partial charge in [-0.05, 0) is 42.4 Å². The van der Waals surface area contributed by atoms with E-state index in [9.17, 15) is 9.59 Å². The fourth-order valence-electron chi connectivity index (χ4n) is 3.40. The Labute approximate surface area is 172 Å². The van der Waals surface area contributed by atoms with Gasteiger partial charge >= 0.3 is 0 Å². The monoisotopic (exact) mass is 392 g/mol. The smallest absolute Gasteiger partial charge is 0.251 e. The fourth-order valence-corrected chi connectivity index (χ4v) is 3.40. The third kappa shape index (κ3) is 5.45. The summed E-state index contributed by atoms with van der Waals surface area (Å²) in [5.41, 5.74) is 3.32. The molecule has 6 heteroatoms. The van der Waals surface area contributed by atoms with Crippen LogP contribution in [0.5, 0.6) is 0 Å². The minimum atomic E-state index is -0.181. The number of benzene rings is 2. The first-order chi connectivity index (χ1) is 14.1. The Balaban J connectivity index is 1.64. The summed E-state index contributed by atoms with van der Waals surface area (Å²) in [5.74, 6) is -0.310. The van der Waals surface area contributed by atoms with Crippen LogP contribution in [0.15, 0.2) is 54.6 Å². The largest absolute Gasteiger partial charge is 0.367 e. The highest BCUT2D eigenvalue weighted by Crippen LogP contribution is 2.26. The Morgan fingerprint density at radius 3 is 2.34 bits per heavy atom. The van der Waals surface area contributed by atoms with E-state index in [0.717, 1.165) is 49.7 Å². The molecule has 0 unspecified atom stereocenters. The van der Waals surface area contributed by atoms with Crippen LogP contribution in [-0.2, 0) is 4.79 Å². The number of piperazine rings is 1. The van der Waals surface area contributed by atoms with Crippen LogP contribution >= 0.6 is 0 Å². The van der Waals surface area contributed by atoms with Crippen molar-refractivity contribution in [2.75, 3.05) is 50.0 Å². The Kier molecular flexibility index (Phi) is 7.03. The zero-order valence-corrected chi connectivity index (χ0v) is 17.0. The molecular formula is C23H28N4O2. The maximum absolute atomic E-state index is 12.5. The van der Waals surface area contributed by atoms with Gasteiger partial charge in [0, 0.05) is 44.9 Å². The number of hydrogen-bond donors (Lipinski definition) is 2. The molecule has 2 aromatic rings. The predicted octanol–water partition coefficient (Wildman–Crippen LogP) is 2.84. The molecule has 2 aromatic carbocycles. The highest BCUT2D eigenvalue weighted by molar-refractivity contribution is 6.04. The first-order valence-electron chi connectivity index (χ1n) is 9.98. The number of carbonyl (C=O) groups is 2. The molecule has 1 aliphatic heterocycles. The summed E-state index contributed by atoms with van der Waals surface area (Å²) in [6.07, 6.45) is 3.26. The average molecular weight is 393 g/mol. The Bertz CT molecular complexity index is 869. The molecule has 0 bridgehead atoms. The molecule has 152 valence electrons. The van der Waals surface area contributed by atoms with Crippen molar-refractivity contribution in [1.29, 1.82) is 0 Å². The first kappa shape index (κ1) is 20.6. The van der Waals surface area contributed by atoms with Crippen LogP contribution in [0, 0.1) is 0 Å². The van der Waals surface area contributed by atoms with E-state index in [1.165, 1.54) is 6.08 Å². The SMILES string of the molecule is CCN1CCN(c2ccccc2NC(=O)/C=C/c2ccc(C(=O)NC)cc2)CC1. The molecule has 0 atom stereocenters. The molecule has 0 aromatic heterocycles. The number of hydrogen-bond acceptors (Lipinski definition) is 4. The van der Waals surface area contributed by atoms with E-state index in [4.69, 9.17) is 0 Å². The maximum Gasteiger partial charge on any atom is 0.251 e. The van der Waals surface area contributed by atoms with Crippen molar-refractivity contribution >= 4 is 29.3 Å². The molecule has 0 spiro atoms. The Morgan fingerprint density at radius 2 is 1.69 bits per heavy atom. The summed E-state index contributed by atoms with van der Waals surface area (Å²) in [6, 6.07) is 15.0. The predicted molar refractivity (Wildman–Crippen MR) is 118 cm³/mol. The number of carbonyl (C=O) groups excluding carboxylic acids is 2. The number of anilines is 2. The van der Waals surface area contributed by atoms with Crippen LogP contribution in [0.1, 0.15) is 22.8 Å². The van der Waals surface area contributed by atoms with Gasteiger partial charge in [0.15, 0.2) is 0 Å². The zero-order valence-electron chi connectivity index (χ0n) is 17.0. The van der Waals surface area contributed by atoms with Crippen LogP contribution in [0.3, 0.4) is 0 Å². The van der Waals surface area contributed by atoms with Gasteiger partial charge in [-0.25, -0.2) is 0 Å². The second kappa shape index (κ2) is 9.89. The average Bonchev–Trinajstić information content (AvgIpc) is 2.78. The van der Waals surface area contributed by atoms with E-state index in [-0.39, 0.29) is 11.8 Å². The molecule has 1 saturated heterocycles. The van der Waals surface area contributed by atoms with E-state index in [1.54, 1.807) is 25.3 Å². The normalized spacial score (nSPS) is 14.8. The van der Waals surface area contributed by atoms with Gasteiger partial charge < -0.3 is 20.4 Å². The van der Waals surface area contributed by atoms with Crippen molar-refractivity contribution in [3.63, 3.8) is 0 Å². The Morgan fingerprint density at radius 1 is 1.00 bits per heavy atom. The molecule has 3 rings (SSSR count). The van der Waals surface area contributed by atoms with Gasteiger partial charge in [-0.3, -0.25) is 9.59 Å². The molecule has 0 aliphatic carbocycles. The van der Waals surface area contributed by atoms with Crippen molar-refractivity contribution in [2.45, 2.75) is 6.92 Å². The number of nitrogens with one attached hydrogen (secondary N) is 2. The van der Waals surface area contributed by atoms with E-state index in [1.807, 2.05) is 30.3 Å². The second-order valence-corrected chi connectivity index (χ2v) is 6.96. The summed E-state index contributed by atoms with van der Waals surface area (Å²) in [4.78, 5) is 28.8. The number of likely N-dealkylation sites (N-methyl/N-ethyl adjacent to an activating group) is 1. The lowest BCUT2D eigenvalue weighted by molar-refractivity contribution is -0.111. The van der Waals surface area contributed by atoms with E-state index >= 15 is 0 Å². The van der Waals surface area contributed by atoms with Crippen LogP contribution in [0.4, 0.5) is 11.4 Å². The van der Waals surface area contributed by atoms with Crippen LogP contribution in [0.25, 0.3) is 6.08 Å². The van der Waals surface area contributed by atoms with Crippen molar-refractivity contribution in [1.82, 2.24) is 10.2 Å². The summed E-state index contributed by atoms with van der Waals surface area (Å²) in [6.45, 7) is 7.22. The molecule has 0 saturated carbocycles. The third-order valence-corrected chi connectivity index (χ3v) is 5.15. The van der Waals surface area contributed by atoms with Crippen LogP contribution in [0.2, 0.25) is 0 Å². The van der Waals surface area contributed by atoms with E-state index in [2.05, 4.69) is 33.4 Å².